The SMILES string of the molecule is CC(C)(Cl)C(Br)CC/C(=C\CBr)CBr. The van der Waals surface area contributed by atoms with Gasteiger partial charge in [0.2, 0.25) is 0 Å². The number of hydrogen-bond donors (Lipinski definition) is 0. The Bertz CT molecular complexity index is 184. The van der Waals surface area contributed by atoms with Crippen LogP contribution in [-0.2, 0) is 0 Å². The van der Waals surface area contributed by atoms with Crippen LogP contribution in [0.5, 0.6) is 0 Å². The molecule has 0 aromatic rings. The van der Waals surface area contributed by atoms with Gasteiger partial charge in [-0.2, -0.15) is 0 Å². The second-order valence-electron chi connectivity index (χ2n) is 3.72. The van der Waals surface area contributed by atoms with Crippen molar-refractivity contribution in [2.24, 2.45) is 0 Å². The summed E-state index contributed by atoms with van der Waals surface area (Å²) in [5.41, 5.74) is 1.42. The molecule has 0 heterocycles. The van der Waals surface area contributed by atoms with E-state index >= 15 is 0 Å². The van der Waals surface area contributed by atoms with Crippen molar-refractivity contribution in [1.29, 1.82) is 0 Å². The molecule has 4 heteroatoms. The van der Waals surface area contributed by atoms with Crippen LogP contribution in [0.1, 0.15) is 26.7 Å². The normalized spacial score (nSPS) is 15.7. The quantitative estimate of drug-likeness (QED) is 0.413. The van der Waals surface area contributed by atoms with E-state index < -0.39 is 0 Å². The summed E-state index contributed by atoms with van der Waals surface area (Å²) in [6.07, 6.45) is 4.36. The second-order valence-corrected chi connectivity index (χ2v) is 7.01. The van der Waals surface area contributed by atoms with E-state index in [4.69, 9.17) is 11.6 Å². The maximum atomic E-state index is 6.20. The molecule has 1 atom stereocenters. The monoisotopic (exact) mass is 408 g/mol. The number of halogens is 4. The Morgan fingerprint density at radius 3 is 2.36 bits per heavy atom. The summed E-state index contributed by atoms with van der Waals surface area (Å²) < 4.78 is 0. The van der Waals surface area contributed by atoms with Gasteiger partial charge < -0.3 is 0 Å². The largest absolute Gasteiger partial charge is 0.119 e. The lowest BCUT2D eigenvalue weighted by Gasteiger charge is -2.23. The predicted molar refractivity (Wildman–Crippen MR) is 77.6 cm³/mol. The van der Waals surface area contributed by atoms with Crippen molar-refractivity contribution in [3.63, 3.8) is 0 Å². The fourth-order valence-electron chi connectivity index (χ4n) is 0.988. The summed E-state index contributed by atoms with van der Waals surface area (Å²) in [6.45, 7) is 4.08. The molecule has 0 fully saturated rings. The molecule has 14 heavy (non-hydrogen) atoms. The standard InChI is InChI=1S/C10H16Br3Cl/c1-10(2,14)9(13)4-3-8(7-12)5-6-11/h5,9H,3-4,6-7H2,1-2H3/b8-5+. The number of alkyl halides is 4. The maximum absolute atomic E-state index is 6.20. The Hall–Kier alpha value is 1.47. The van der Waals surface area contributed by atoms with E-state index in [1.54, 1.807) is 0 Å². The van der Waals surface area contributed by atoms with Crippen molar-refractivity contribution >= 4 is 59.4 Å². The van der Waals surface area contributed by atoms with Crippen molar-refractivity contribution < 1.29 is 0 Å². The fourth-order valence-corrected chi connectivity index (χ4v) is 2.29. The lowest BCUT2D eigenvalue weighted by molar-refractivity contribution is 0.616. The van der Waals surface area contributed by atoms with Crippen LogP contribution in [0.15, 0.2) is 11.6 Å². The summed E-state index contributed by atoms with van der Waals surface area (Å²) >= 11 is 16.7. The number of allylic oxidation sites excluding steroid dienone is 2. The Labute approximate surface area is 117 Å². The molecule has 0 nitrogen and oxygen atoms in total. The molecular weight excluding hydrogens is 395 g/mol. The highest BCUT2D eigenvalue weighted by Crippen LogP contribution is 2.29. The van der Waals surface area contributed by atoms with E-state index in [-0.39, 0.29) is 4.87 Å². The maximum Gasteiger partial charge on any atom is 0.0515 e. The smallest absolute Gasteiger partial charge is 0.0515 e. The molecular formula is C10H16Br3Cl. The van der Waals surface area contributed by atoms with Gasteiger partial charge in [-0.15, -0.1) is 11.6 Å². The Morgan fingerprint density at radius 2 is 2.00 bits per heavy atom. The molecule has 0 radical (unpaired) electrons. The van der Waals surface area contributed by atoms with Gasteiger partial charge in [0.05, 0.1) is 4.87 Å². The molecule has 0 rings (SSSR count). The minimum absolute atomic E-state index is 0.175. The molecule has 84 valence electrons. The highest BCUT2D eigenvalue weighted by molar-refractivity contribution is 9.09. The average molecular weight is 411 g/mol. The van der Waals surface area contributed by atoms with Crippen molar-refractivity contribution in [3.8, 4) is 0 Å². The first kappa shape index (κ1) is 15.5. The van der Waals surface area contributed by atoms with E-state index in [0.29, 0.717) is 4.83 Å². The predicted octanol–water partition coefficient (Wildman–Crippen LogP) is 5.26. The first-order chi connectivity index (χ1) is 6.41. The second kappa shape index (κ2) is 7.70. The van der Waals surface area contributed by atoms with Crippen LogP contribution in [0, 0.1) is 0 Å². The summed E-state index contributed by atoms with van der Waals surface area (Å²) in [7, 11) is 0. The molecule has 0 aliphatic carbocycles. The van der Waals surface area contributed by atoms with Crippen molar-refractivity contribution in [2.45, 2.75) is 36.4 Å². The van der Waals surface area contributed by atoms with Gasteiger partial charge in [-0.3, -0.25) is 0 Å². The lowest BCUT2D eigenvalue weighted by Crippen LogP contribution is -2.24. The third-order valence-electron chi connectivity index (χ3n) is 2.00. The van der Waals surface area contributed by atoms with Gasteiger partial charge in [0.25, 0.3) is 0 Å². The van der Waals surface area contributed by atoms with E-state index in [0.717, 1.165) is 23.5 Å². The van der Waals surface area contributed by atoms with Gasteiger partial charge in [0.15, 0.2) is 0 Å². The molecule has 0 aliphatic heterocycles. The first-order valence-corrected chi connectivity index (χ1v) is 8.08. The molecule has 1 unspecified atom stereocenters. The molecule has 0 aromatic heterocycles. The summed E-state index contributed by atoms with van der Waals surface area (Å²) in [5.74, 6) is 0. The van der Waals surface area contributed by atoms with Crippen LogP contribution in [0.4, 0.5) is 0 Å². The van der Waals surface area contributed by atoms with Gasteiger partial charge in [0, 0.05) is 15.5 Å². The van der Waals surface area contributed by atoms with Gasteiger partial charge in [-0.1, -0.05) is 59.4 Å². The van der Waals surface area contributed by atoms with Gasteiger partial charge >= 0.3 is 0 Å². The van der Waals surface area contributed by atoms with Crippen LogP contribution in [0.25, 0.3) is 0 Å². The highest BCUT2D eigenvalue weighted by atomic mass is 79.9. The lowest BCUT2D eigenvalue weighted by atomic mass is 10.0. The van der Waals surface area contributed by atoms with E-state index in [1.165, 1.54) is 5.57 Å². The molecule has 0 amide bonds. The van der Waals surface area contributed by atoms with Gasteiger partial charge in [0.1, 0.15) is 0 Å². The fraction of sp³-hybridized carbons (Fsp3) is 0.800. The average Bonchev–Trinajstić information content (AvgIpc) is 2.10. The Kier molecular flexibility index (Phi) is 8.50. The third kappa shape index (κ3) is 6.86. The number of rotatable bonds is 6. The van der Waals surface area contributed by atoms with Crippen LogP contribution in [0.3, 0.4) is 0 Å². The van der Waals surface area contributed by atoms with Crippen molar-refractivity contribution in [3.05, 3.63) is 11.6 Å². The van der Waals surface area contributed by atoms with Crippen LogP contribution >= 0.6 is 59.4 Å². The Morgan fingerprint density at radius 1 is 1.43 bits per heavy atom. The zero-order valence-electron chi connectivity index (χ0n) is 8.49. The molecule has 0 aromatic carbocycles. The van der Waals surface area contributed by atoms with E-state index in [2.05, 4.69) is 53.9 Å². The third-order valence-corrected chi connectivity index (χ3v) is 5.17. The van der Waals surface area contributed by atoms with Crippen LogP contribution in [0.2, 0.25) is 0 Å². The minimum Gasteiger partial charge on any atom is -0.119 e. The first-order valence-electron chi connectivity index (χ1n) is 4.54. The Balaban J connectivity index is 3.98. The molecule has 0 aliphatic rings. The summed E-state index contributed by atoms with van der Waals surface area (Å²) in [6, 6.07) is 0. The summed E-state index contributed by atoms with van der Waals surface area (Å²) in [4.78, 5) is 0.181. The van der Waals surface area contributed by atoms with Gasteiger partial charge in [-0.05, 0) is 26.7 Å². The van der Waals surface area contributed by atoms with Crippen molar-refractivity contribution in [2.75, 3.05) is 10.7 Å². The van der Waals surface area contributed by atoms with E-state index in [1.807, 2.05) is 13.8 Å². The van der Waals surface area contributed by atoms with Crippen LogP contribution < -0.4 is 0 Å². The van der Waals surface area contributed by atoms with E-state index in [9.17, 15) is 0 Å². The highest BCUT2D eigenvalue weighted by Gasteiger charge is 2.23. The molecule has 0 spiro atoms. The molecule has 0 N–H and O–H groups in total. The number of hydrogen-bond acceptors (Lipinski definition) is 0. The minimum atomic E-state index is -0.175. The van der Waals surface area contributed by atoms with Crippen LogP contribution in [-0.4, -0.2) is 20.4 Å². The van der Waals surface area contributed by atoms with Crippen molar-refractivity contribution in [1.82, 2.24) is 0 Å². The molecule has 0 saturated carbocycles. The molecule has 0 bridgehead atoms. The molecule has 0 saturated heterocycles. The zero-order valence-corrected chi connectivity index (χ0v) is 14.0. The topological polar surface area (TPSA) is 0 Å². The zero-order chi connectivity index (χ0) is 11.2. The summed E-state index contributed by atoms with van der Waals surface area (Å²) in [5, 5.41) is 1.87. The van der Waals surface area contributed by atoms with Gasteiger partial charge in [-0.25, -0.2) is 0 Å².